The normalized spacial score (nSPS) is 10.9. The number of para-hydroxylation sites is 2. The third-order valence-electron chi connectivity index (χ3n) is 10.1. The molecule has 2 heterocycles. The first-order valence-corrected chi connectivity index (χ1v) is 21.0. The van der Waals surface area contributed by atoms with E-state index >= 15 is 0 Å². The Balaban J connectivity index is 0.000000169. The molecule has 0 radical (unpaired) electrons. The quantitative estimate of drug-likeness (QED) is 0.148. The van der Waals surface area contributed by atoms with E-state index in [2.05, 4.69) is 198 Å². The van der Waals surface area contributed by atoms with Crippen molar-refractivity contribution in [2.24, 2.45) is 0 Å². The SMILES string of the molecule is Cc1cccc(C)c1-n1c(-c2cccc(-c3ccccc3)c2)nnc1C(C)C.Cc1cccc(C)c1-n1c(-c2cccc(Br)c2)nnc1C(C)C.OB(O)c1ccccc1. The summed E-state index contributed by atoms with van der Waals surface area (Å²) < 4.78 is 5.48. The predicted octanol–water partition coefficient (Wildman–Crippen LogP) is 11.1. The second kappa shape index (κ2) is 19.9. The van der Waals surface area contributed by atoms with Crippen LogP contribution in [0.5, 0.6) is 0 Å². The Morgan fingerprint density at radius 1 is 0.450 bits per heavy atom. The Morgan fingerprint density at radius 3 is 1.25 bits per heavy atom. The molecule has 0 atom stereocenters. The molecule has 60 heavy (non-hydrogen) atoms. The highest BCUT2D eigenvalue weighted by Crippen LogP contribution is 2.33. The molecule has 0 spiro atoms. The number of nitrogens with zero attached hydrogens (tertiary/aromatic N) is 6. The van der Waals surface area contributed by atoms with Crippen LogP contribution in [-0.2, 0) is 0 Å². The lowest BCUT2D eigenvalue weighted by Gasteiger charge is -2.17. The summed E-state index contributed by atoms with van der Waals surface area (Å²) in [4.78, 5) is 0. The molecule has 0 unspecified atom stereocenters. The molecule has 8 rings (SSSR count). The zero-order chi connectivity index (χ0) is 42.9. The molecule has 10 heteroatoms. The minimum absolute atomic E-state index is 0.276. The summed E-state index contributed by atoms with van der Waals surface area (Å²) in [6.07, 6.45) is 0. The van der Waals surface area contributed by atoms with Crippen LogP contribution >= 0.6 is 15.9 Å². The van der Waals surface area contributed by atoms with Crippen molar-refractivity contribution in [3.05, 3.63) is 184 Å². The molecule has 0 fully saturated rings. The lowest BCUT2D eigenvalue weighted by atomic mass is 9.81. The Kier molecular flexibility index (Phi) is 14.5. The van der Waals surface area contributed by atoms with Gasteiger partial charge in [-0.15, -0.1) is 20.4 Å². The van der Waals surface area contributed by atoms with E-state index in [1.54, 1.807) is 24.3 Å². The van der Waals surface area contributed by atoms with Gasteiger partial charge in [-0.3, -0.25) is 9.13 Å². The number of hydrogen-bond donors (Lipinski definition) is 2. The second-order valence-corrected chi connectivity index (χ2v) is 16.4. The summed E-state index contributed by atoms with van der Waals surface area (Å²) in [6, 6.07) is 48.6. The average Bonchev–Trinajstić information content (AvgIpc) is 3.88. The molecule has 2 aromatic heterocycles. The van der Waals surface area contributed by atoms with Gasteiger partial charge in [0.1, 0.15) is 11.6 Å². The van der Waals surface area contributed by atoms with E-state index in [0.717, 1.165) is 38.9 Å². The van der Waals surface area contributed by atoms with Crippen molar-refractivity contribution in [3.63, 3.8) is 0 Å². The molecule has 0 saturated carbocycles. The molecule has 0 aliphatic heterocycles. The maximum atomic E-state index is 8.58. The molecule has 8 aromatic rings. The zero-order valence-electron chi connectivity index (χ0n) is 35.5. The number of hydrogen-bond acceptors (Lipinski definition) is 6. The van der Waals surface area contributed by atoms with E-state index < -0.39 is 7.12 Å². The molecule has 0 aliphatic rings. The average molecular weight is 860 g/mol. The van der Waals surface area contributed by atoms with Crippen LogP contribution in [0, 0.1) is 27.7 Å². The summed E-state index contributed by atoms with van der Waals surface area (Å²) in [5, 5.41) is 35.3. The summed E-state index contributed by atoms with van der Waals surface area (Å²) in [5.74, 6) is 4.31. The van der Waals surface area contributed by atoms with Crippen molar-refractivity contribution in [3.8, 4) is 45.3 Å². The summed E-state index contributed by atoms with van der Waals surface area (Å²) in [6.45, 7) is 17.2. The molecule has 6 aromatic carbocycles. The number of aromatic nitrogens is 6. The molecular formula is C50H52BBrN6O2. The van der Waals surface area contributed by atoms with Crippen LogP contribution in [0.1, 0.15) is 73.4 Å². The highest BCUT2D eigenvalue weighted by molar-refractivity contribution is 9.10. The van der Waals surface area contributed by atoms with Gasteiger partial charge in [-0.25, -0.2) is 0 Å². The van der Waals surface area contributed by atoms with Crippen molar-refractivity contribution in [2.75, 3.05) is 0 Å². The minimum atomic E-state index is -1.34. The molecule has 0 amide bonds. The fraction of sp³-hybridized carbons (Fsp3) is 0.200. The maximum Gasteiger partial charge on any atom is 0.488 e. The van der Waals surface area contributed by atoms with Crippen LogP contribution in [0.2, 0.25) is 0 Å². The van der Waals surface area contributed by atoms with Gasteiger partial charge >= 0.3 is 7.12 Å². The Hall–Kier alpha value is -5.94. The van der Waals surface area contributed by atoms with Crippen molar-refractivity contribution in [1.82, 2.24) is 29.5 Å². The van der Waals surface area contributed by atoms with Gasteiger partial charge in [-0.05, 0) is 84.7 Å². The highest BCUT2D eigenvalue weighted by atomic mass is 79.9. The Morgan fingerprint density at radius 2 is 0.833 bits per heavy atom. The van der Waals surface area contributed by atoms with Crippen LogP contribution in [0.4, 0.5) is 0 Å². The van der Waals surface area contributed by atoms with Gasteiger partial charge < -0.3 is 10.0 Å². The van der Waals surface area contributed by atoms with Crippen molar-refractivity contribution < 1.29 is 10.0 Å². The molecule has 2 N–H and O–H groups in total. The van der Waals surface area contributed by atoms with E-state index in [0.29, 0.717) is 11.4 Å². The Bertz CT molecular complexity index is 2620. The van der Waals surface area contributed by atoms with Gasteiger partial charge in [0.15, 0.2) is 11.6 Å². The van der Waals surface area contributed by atoms with E-state index in [9.17, 15) is 0 Å². The molecule has 304 valence electrons. The van der Waals surface area contributed by atoms with Crippen LogP contribution in [0.3, 0.4) is 0 Å². The third kappa shape index (κ3) is 10.1. The minimum Gasteiger partial charge on any atom is -0.423 e. The van der Waals surface area contributed by atoms with Crippen molar-refractivity contribution in [2.45, 2.75) is 67.2 Å². The van der Waals surface area contributed by atoms with Gasteiger partial charge in [0.05, 0.1) is 11.4 Å². The summed E-state index contributed by atoms with van der Waals surface area (Å²) in [5.41, 5.74) is 12.3. The van der Waals surface area contributed by atoms with Crippen LogP contribution < -0.4 is 5.46 Å². The molecule has 0 bridgehead atoms. The molecule has 8 nitrogen and oxygen atoms in total. The van der Waals surface area contributed by atoms with Gasteiger partial charge in [0.2, 0.25) is 0 Å². The van der Waals surface area contributed by atoms with Gasteiger partial charge in [-0.2, -0.15) is 0 Å². The molecular weight excluding hydrogens is 807 g/mol. The number of benzene rings is 6. The third-order valence-corrected chi connectivity index (χ3v) is 10.6. The standard InChI is InChI=1S/C25H25N3.C19H20BrN3.C6H7BO2/c1-17(2)24-26-27-25(28(24)23-18(3)10-8-11-19(23)4)22-15-9-14-21(16-22)20-12-6-5-7-13-20;1-12(2)18-21-22-19(15-9-6-10-16(20)11-15)23(18)17-13(3)7-5-8-14(17)4;8-7(9)6-4-2-1-3-5-6/h5-17H,1-4H3;5-12H,1-4H3;1-5,8-9H. The van der Waals surface area contributed by atoms with E-state index in [4.69, 9.17) is 10.0 Å². The van der Waals surface area contributed by atoms with E-state index in [1.165, 1.54) is 44.8 Å². The van der Waals surface area contributed by atoms with Crippen LogP contribution in [0.25, 0.3) is 45.3 Å². The molecule has 0 aliphatic carbocycles. The smallest absolute Gasteiger partial charge is 0.423 e. The maximum absolute atomic E-state index is 8.58. The molecule has 0 saturated heterocycles. The first-order valence-electron chi connectivity index (χ1n) is 20.2. The number of halogens is 1. The van der Waals surface area contributed by atoms with Crippen molar-refractivity contribution >= 4 is 28.5 Å². The first kappa shape index (κ1) is 43.6. The van der Waals surface area contributed by atoms with Gasteiger partial charge in [-0.1, -0.05) is 171 Å². The second-order valence-electron chi connectivity index (χ2n) is 15.5. The largest absolute Gasteiger partial charge is 0.488 e. The van der Waals surface area contributed by atoms with E-state index in [-0.39, 0.29) is 5.92 Å². The van der Waals surface area contributed by atoms with Gasteiger partial charge in [0, 0.05) is 27.4 Å². The fourth-order valence-corrected chi connectivity index (χ4v) is 7.59. The number of aryl methyl sites for hydroxylation is 4. The van der Waals surface area contributed by atoms with E-state index in [1.807, 2.05) is 24.3 Å². The lowest BCUT2D eigenvalue weighted by molar-refractivity contribution is 0.426. The lowest BCUT2D eigenvalue weighted by Crippen LogP contribution is -2.29. The highest BCUT2D eigenvalue weighted by Gasteiger charge is 2.22. The fourth-order valence-electron chi connectivity index (χ4n) is 7.19. The number of rotatable bonds is 8. The summed E-state index contributed by atoms with van der Waals surface area (Å²) >= 11 is 3.55. The summed E-state index contributed by atoms with van der Waals surface area (Å²) in [7, 11) is -1.34. The zero-order valence-corrected chi connectivity index (χ0v) is 37.1. The monoisotopic (exact) mass is 858 g/mol. The first-order chi connectivity index (χ1) is 28.8. The van der Waals surface area contributed by atoms with Gasteiger partial charge in [0.25, 0.3) is 0 Å². The topological polar surface area (TPSA) is 102 Å². The van der Waals surface area contributed by atoms with Crippen molar-refractivity contribution in [1.29, 1.82) is 0 Å². The van der Waals surface area contributed by atoms with Crippen LogP contribution in [0.15, 0.2) is 150 Å². The van der Waals surface area contributed by atoms with Crippen LogP contribution in [-0.4, -0.2) is 46.7 Å². The Labute approximate surface area is 362 Å². The predicted molar refractivity (Wildman–Crippen MR) is 250 cm³/mol.